The lowest BCUT2D eigenvalue weighted by Crippen LogP contribution is -2.39. The van der Waals surface area contributed by atoms with Crippen molar-refractivity contribution < 1.29 is 61.2 Å². The van der Waals surface area contributed by atoms with E-state index < -0.39 is 52.6 Å². The maximum Gasteiger partial charge on any atom is 0.472 e. The molecule has 16 nitrogen and oxygen atoms in total. The number of β-amino-alcohol motifs (C(OH)–C–C–N with tert-alkyl or cyclic N) is 1. The number of methoxy groups -OCH3 is 1. The van der Waals surface area contributed by atoms with Crippen molar-refractivity contribution in [3.8, 4) is 0 Å². The summed E-state index contributed by atoms with van der Waals surface area (Å²) in [5.41, 5.74) is 0. The van der Waals surface area contributed by atoms with Crippen LogP contribution in [0.25, 0.3) is 0 Å². The molecule has 18 heteroatoms. The van der Waals surface area contributed by atoms with Crippen molar-refractivity contribution in [2.45, 2.75) is 109 Å². The summed E-state index contributed by atoms with van der Waals surface area (Å²) in [6.45, 7) is 6.95. The molecule has 3 fully saturated rings. The first-order valence-corrected chi connectivity index (χ1v) is 18.9. The normalized spacial score (nSPS) is 29.4. The molecular formula is C28H51N3O13P2. The van der Waals surface area contributed by atoms with Gasteiger partial charge in [-0.2, -0.15) is 0 Å². The van der Waals surface area contributed by atoms with Gasteiger partial charge in [0.1, 0.15) is 0 Å². The number of phosphoric ester groups is 2. The van der Waals surface area contributed by atoms with Gasteiger partial charge in [0.05, 0.1) is 56.3 Å². The monoisotopic (exact) mass is 699 g/mol. The molecule has 3 N–H and O–H groups in total. The first-order chi connectivity index (χ1) is 21.6. The first-order valence-electron chi connectivity index (χ1n) is 15.9. The highest BCUT2D eigenvalue weighted by molar-refractivity contribution is 7.47. The Bertz CT molecular complexity index is 1140. The predicted octanol–water partition coefficient (Wildman–Crippen LogP) is 2.06. The summed E-state index contributed by atoms with van der Waals surface area (Å²) in [7, 11) is -7.78. The largest absolute Gasteiger partial charge is 0.472 e. The molecule has 3 heterocycles. The number of hydrogen-bond acceptors (Lipinski definition) is 11. The number of hydrogen-bond donors (Lipinski definition) is 3. The van der Waals surface area contributed by atoms with Crippen molar-refractivity contribution >= 4 is 33.4 Å². The molecule has 8 atom stereocenters. The molecule has 3 aliphatic rings. The van der Waals surface area contributed by atoms with Gasteiger partial charge in [-0.05, 0) is 31.6 Å². The molecule has 266 valence electrons. The van der Waals surface area contributed by atoms with Gasteiger partial charge in [0.15, 0.2) is 0 Å². The molecule has 0 aromatic heterocycles. The van der Waals surface area contributed by atoms with Crippen molar-refractivity contribution in [2.24, 2.45) is 5.92 Å². The van der Waals surface area contributed by atoms with Crippen molar-refractivity contribution in [1.29, 1.82) is 0 Å². The van der Waals surface area contributed by atoms with Gasteiger partial charge in [-0.15, -0.1) is 0 Å². The van der Waals surface area contributed by atoms with Crippen molar-refractivity contribution in [2.75, 3.05) is 46.6 Å². The fraction of sp³-hybridized carbons (Fsp3) is 0.893. The minimum Gasteiger partial charge on any atom is -0.391 e. The van der Waals surface area contributed by atoms with Crippen LogP contribution in [0.1, 0.15) is 72.6 Å². The third kappa shape index (κ3) is 11.3. The smallest absolute Gasteiger partial charge is 0.391 e. The lowest BCUT2D eigenvalue weighted by molar-refractivity contribution is -0.134. The molecule has 0 aromatic carbocycles. The summed E-state index contributed by atoms with van der Waals surface area (Å²) in [5.74, 6) is -0.500. The molecular weight excluding hydrogens is 648 g/mol. The van der Waals surface area contributed by atoms with Gasteiger partial charge in [-0.1, -0.05) is 27.7 Å². The number of carbonyl (C=O) groups is 3. The molecule has 0 bridgehead atoms. The third-order valence-corrected chi connectivity index (χ3v) is 10.3. The van der Waals surface area contributed by atoms with E-state index in [1.165, 1.54) is 16.9 Å². The average molecular weight is 700 g/mol. The predicted molar refractivity (Wildman–Crippen MR) is 164 cm³/mol. The fourth-order valence-corrected chi connectivity index (χ4v) is 8.10. The van der Waals surface area contributed by atoms with Crippen molar-refractivity contribution in [3.63, 3.8) is 0 Å². The molecule has 3 rings (SSSR count). The summed E-state index contributed by atoms with van der Waals surface area (Å²) in [6.07, 6.45) is -0.641. The van der Waals surface area contributed by atoms with E-state index in [0.29, 0.717) is 12.8 Å². The van der Waals surface area contributed by atoms with Gasteiger partial charge in [-0.3, -0.25) is 32.5 Å². The summed E-state index contributed by atoms with van der Waals surface area (Å²) in [6, 6.07) is -1.67. The number of ether oxygens (including phenoxy) is 1. The molecule has 2 unspecified atom stereocenters. The highest BCUT2D eigenvalue weighted by Gasteiger charge is 2.43. The van der Waals surface area contributed by atoms with Crippen LogP contribution in [0.2, 0.25) is 0 Å². The summed E-state index contributed by atoms with van der Waals surface area (Å²) < 4.78 is 52.3. The Morgan fingerprint density at radius 1 is 0.761 bits per heavy atom. The SMILES string of the molecule is CCCC(=O)N1C[C@H](OP(=O)(O)OC[C@@H]2C[C@@H](OP(=O)(O)OC[C@@H]3C[C@@H](O)CN3C(=O)CC(C)C)CN2C(=O)CC)C[C@H]1COC. The van der Waals surface area contributed by atoms with E-state index >= 15 is 0 Å². The van der Waals surface area contributed by atoms with Crippen LogP contribution >= 0.6 is 15.6 Å². The molecule has 3 saturated heterocycles. The average Bonchev–Trinajstić information content (AvgIpc) is 3.66. The Kier molecular flexibility index (Phi) is 14.6. The van der Waals surface area contributed by atoms with Gasteiger partial charge in [0.2, 0.25) is 17.7 Å². The minimum absolute atomic E-state index is 0.0133. The van der Waals surface area contributed by atoms with E-state index in [-0.39, 0.29) is 94.6 Å². The maximum atomic E-state index is 12.9. The van der Waals surface area contributed by atoms with Crippen LogP contribution in [-0.2, 0) is 46.3 Å². The highest BCUT2D eigenvalue weighted by Crippen LogP contribution is 2.49. The van der Waals surface area contributed by atoms with Crippen molar-refractivity contribution in [3.05, 3.63) is 0 Å². The van der Waals surface area contributed by atoms with Crippen LogP contribution in [0.4, 0.5) is 0 Å². The number of aliphatic hydroxyl groups excluding tert-OH is 1. The van der Waals surface area contributed by atoms with Crippen molar-refractivity contribution in [1.82, 2.24) is 14.7 Å². The molecule has 46 heavy (non-hydrogen) atoms. The topological polar surface area (TPSA) is 202 Å². The number of likely N-dealkylation sites (tertiary alicyclic amines) is 3. The second-order valence-corrected chi connectivity index (χ2v) is 15.4. The Labute approximate surface area is 270 Å². The van der Waals surface area contributed by atoms with E-state index in [1.54, 1.807) is 11.8 Å². The zero-order valence-corrected chi connectivity index (χ0v) is 29.2. The zero-order chi connectivity index (χ0) is 34.2. The van der Waals surface area contributed by atoms with Crippen LogP contribution in [0, 0.1) is 5.92 Å². The second-order valence-electron chi connectivity index (χ2n) is 12.6. The minimum atomic E-state index is -4.66. The number of carbonyl (C=O) groups excluding carboxylic acids is 3. The first kappa shape index (κ1) is 39.0. The Morgan fingerprint density at radius 3 is 1.72 bits per heavy atom. The Hall–Kier alpha value is -1.45. The van der Waals surface area contributed by atoms with Gasteiger partial charge in [0, 0.05) is 46.0 Å². The third-order valence-electron chi connectivity index (χ3n) is 8.24. The summed E-state index contributed by atoms with van der Waals surface area (Å²) in [4.78, 5) is 63.2. The van der Waals surface area contributed by atoms with Crippen LogP contribution in [0.5, 0.6) is 0 Å². The summed E-state index contributed by atoms with van der Waals surface area (Å²) in [5, 5.41) is 10.1. The van der Waals surface area contributed by atoms with Gasteiger partial charge in [-0.25, -0.2) is 9.13 Å². The number of nitrogens with zero attached hydrogens (tertiary/aromatic N) is 3. The highest BCUT2D eigenvalue weighted by atomic mass is 31.2. The lowest BCUT2D eigenvalue weighted by Gasteiger charge is -2.26. The number of amides is 3. The number of aliphatic hydroxyl groups is 1. The van der Waals surface area contributed by atoms with E-state index in [9.17, 15) is 38.4 Å². The molecule has 0 aliphatic carbocycles. The number of phosphoric acid groups is 2. The van der Waals surface area contributed by atoms with E-state index in [1.807, 2.05) is 20.8 Å². The standard InChI is InChI=1S/C28H51N3O13P2/c1-6-8-27(34)31-15-24(11-21(31)16-40-5)43-46(38,39)42-18-22-12-25(14-30(22)26(33)7-2)44-45(36,37)41-17-20-10-23(32)13-29(20)28(35)9-19(3)4/h19-25,32H,6-18H2,1-5H3,(H,36,37)(H,38,39)/t20-,21-,22-,23+,24+,25+/m0/s1. The van der Waals surface area contributed by atoms with Crippen LogP contribution < -0.4 is 0 Å². The molecule has 3 aliphatic heterocycles. The lowest BCUT2D eigenvalue weighted by atomic mass is 10.1. The van der Waals surface area contributed by atoms with Crippen LogP contribution in [0.3, 0.4) is 0 Å². The molecule has 0 spiro atoms. The Morgan fingerprint density at radius 2 is 1.24 bits per heavy atom. The Balaban J connectivity index is 1.56. The van der Waals surface area contributed by atoms with Gasteiger partial charge < -0.3 is 34.3 Å². The van der Waals surface area contributed by atoms with E-state index in [2.05, 4.69) is 0 Å². The molecule has 0 aromatic rings. The second kappa shape index (κ2) is 17.3. The maximum absolute atomic E-state index is 12.9. The van der Waals surface area contributed by atoms with Gasteiger partial charge >= 0.3 is 15.6 Å². The van der Waals surface area contributed by atoms with E-state index in [0.717, 1.165) is 0 Å². The number of rotatable bonds is 17. The zero-order valence-electron chi connectivity index (χ0n) is 27.4. The van der Waals surface area contributed by atoms with E-state index in [4.69, 9.17) is 22.8 Å². The van der Waals surface area contributed by atoms with Gasteiger partial charge in [0.25, 0.3) is 0 Å². The van der Waals surface area contributed by atoms with Crippen LogP contribution in [-0.4, -0.2) is 130 Å². The van der Waals surface area contributed by atoms with Crippen LogP contribution in [0.15, 0.2) is 0 Å². The molecule has 0 saturated carbocycles. The molecule has 3 amide bonds. The summed E-state index contributed by atoms with van der Waals surface area (Å²) >= 11 is 0. The molecule has 0 radical (unpaired) electrons. The fourth-order valence-electron chi connectivity index (χ4n) is 6.20. The quantitative estimate of drug-likeness (QED) is 0.187.